The van der Waals surface area contributed by atoms with Gasteiger partial charge in [0.25, 0.3) is 0 Å². The van der Waals surface area contributed by atoms with Crippen LogP contribution in [0.5, 0.6) is 0 Å². The molecule has 1 aromatic rings. The number of urea groups is 1. The maximum Gasteiger partial charge on any atom is 0.326 e. The van der Waals surface area contributed by atoms with Crippen molar-refractivity contribution in [3.05, 3.63) is 23.8 Å². The molecule has 1 aliphatic rings. The van der Waals surface area contributed by atoms with Crippen LogP contribution >= 0.6 is 11.8 Å². The Morgan fingerprint density at radius 2 is 2.25 bits per heavy atom. The van der Waals surface area contributed by atoms with Gasteiger partial charge in [0.15, 0.2) is 0 Å². The predicted octanol–water partition coefficient (Wildman–Crippen LogP) is 0.663. The van der Waals surface area contributed by atoms with Gasteiger partial charge >= 0.3 is 6.03 Å². The second kappa shape index (κ2) is 4.15. The van der Waals surface area contributed by atoms with Gasteiger partial charge in [-0.1, -0.05) is 6.07 Å². The summed E-state index contributed by atoms with van der Waals surface area (Å²) in [7, 11) is 0. The lowest BCUT2D eigenvalue weighted by Gasteiger charge is -2.26. The number of nitrogens with two attached hydrogens (primary N) is 2. The van der Waals surface area contributed by atoms with Crippen molar-refractivity contribution < 1.29 is 9.59 Å². The summed E-state index contributed by atoms with van der Waals surface area (Å²) in [6.07, 6.45) is 0. The molecule has 1 heterocycles. The Hall–Kier alpha value is -1.53. The fourth-order valence-corrected chi connectivity index (χ4v) is 2.44. The van der Waals surface area contributed by atoms with E-state index in [1.54, 1.807) is 6.07 Å². The normalized spacial score (nSPS) is 14.8. The number of nitrogens with zero attached hydrogens (tertiary/aromatic N) is 1. The molecule has 84 valence electrons. The maximum absolute atomic E-state index is 11.6. The van der Waals surface area contributed by atoms with E-state index >= 15 is 0 Å². The molecule has 0 spiro atoms. The van der Waals surface area contributed by atoms with Crippen LogP contribution in [0.1, 0.15) is 5.56 Å². The second-order valence-electron chi connectivity index (χ2n) is 3.36. The third-order valence-electron chi connectivity index (χ3n) is 2.32. The van der Waals surface area contributed by atoms with Crippen LogP contribution in [0, 0.1) is 0 Å². The maximum atomic E-state index is 11.6. The average Bonchev–Trinajstić information content (AvgIpc) is 2.27. The molecule has 0 unspecified atom stereocenters. The van der Waals surface area contributed by atoms with Crippen molar-refractivity contribution in [2.24, 2.45) is 11.5 Å². The number of thioether (sulfide) groups is 1. The first-order valence-corrected chi connectivity index (χ1v) is 5.70. The molecule has 0 fully saturated rings. The second-order valence-corrected chi connectivity index (χ2v) is 4.38. The number of fused-ring (bicyclic) bond motifs is 1. The first-order chi connectivity index (χ1) is 7.63. The Kier molecular flexibility index (Phi) is 2.84. The molecule has 0 saturated carbocycles. The van der Waals surface area contributed by atoms with Crippen LogP contribution in [-0.4, -0.2) is 17.7 Å². The van der Waals surface area contributed by atoms with Crippen LogP contribution in [-0.2, 0) is 11.3 Å². The van der Waals surface area contributed by atoms with Crippen LogP contribution in [0.25, 0.3) is 0 Å². The Morgan fingerprint density at radius 3 is 2.88 bits per heavy atom. The SMILES string of the molecule is NCc1ccc2c(c1)N(C(N)=O)C(=O)CS2. The highest BCUT2D eigenvalue weighted by Crippen LogP contribution is 2.35. The number of anilines is 1. The van der Waals surface area contributed by atoms with Gasteiger partial charge in [-0.3, -0.25) is 4.79 Å². The molecule has 4 N–H and O–H groups in total. The Bertz CT molecular complexity index is 461. The molecule has 1 aliphatic heterocycles. The van der Waals surface area contributed by atoms with E-state index in [4.69, 9.17) is 11.5 Å². The average molecular weight is 237 g/mol. The number of benzene rings is 1. The summed E-state index contributed by atoms with van der Waals surface area (Å²) >= 11 is 1.40. The number of carbonyl (C=O) groups excluding carboxylic acids is 2. The highest BCUT2D eigenvalue weighted by Gasteiger charge is 2.28. The van der Waals surface area contributed by atoms with Crippen molar-refractivity contribution in [3.63, 3.8) is 0 Å². The van der Waals surface area contributed by atoms with Crippen molar-refractivity contribution in [1.82, 2.24) is 0 Å². The molecule has 0 aliphatic carbocycles. The third kappa shape index (κ3) is 1.77. The van der Waals surface area contributed by atoms with E-state index in [1.807, 2.05) is 12.1 Å². The zero-order valence-electron chi connectivity index (χ0n) is 8.47. The first kappa shape index (κ1) is 11.0. The molecule has 0 bridgehead atoms. The van der Waals surface area contributed by atoms with Gasteiger partial charge in [0, 0.05) is 11.4 Å². The number of hydrogen-bond donors (Lipinski definition) is 2. The third-order valence-corrected chi connectivity index (χ3v) is 3.37. The van der Waals surface area contributed by atoms with Crippen LogP contribution < -0.4 is 16.4 Å². The van der Waals surface area contributed by atoms with E-state index in [2.05, 4.69) is 0 Å². The van der Waals surface area contributed by atoms with E-state index in [-0.39, 0.29) is 11.7 Å². The monoisotopic (exact) mass is 237 g/mol. The lowest BCUT2D eigenvalue weighted by Crippen LogP contribution is -2.43. The highest BCUT2D eigenvalue weighted by molar-refractivity contribution is 8.00. The molecule has 0 atom stereocenters. The van der Waals surface area contributed by atoms with E-state index in [0.717, 1.165) is 15.4 Å². The van der Waals surface area contributed by atoms with Gasteiger partial charge in [-0.15, -0.1) is 11.8 Å². The van der Waals surface area contributed by atoms with Gasteiger partial charge in [0.2, 0.25) is 5.91 Å². The van der Waals surface area contributed by atoms with Crippen LogP contribution in [0.15, 0.2) is 23.1 Å². The quantitative estimate of drug-likeness (QED) is 0.751. The lowest BCUT2D eigenvalue weighted by molar-refractivity contribution is -0.115. The first-order valence-electron chi connectivity index (χ1n) is 4.71. The molecule has 2 rings (SSSR count). The molecule has 5 nitrogen and oxygen atoms in total. The summed E-state index contributed by atoms with van der Waals surface area (Å²) < 4.78 is 0. The lowest BCUT2D eigenvalue weighted by atomic mass is 10.2. The molecule has 6 heteroatoms. The number of rotatable bonds is 1. The Morgan fingerprint density at radius 1 is 1.50 bits per heavy atom. The van der Waals surface area contributed by atoms with Crippen molar-refractivity contribution in [2.75, 3.05) is 10.7 Å². The largest absolute Gasteiger partial charge is 0.351 e. The van der Waals surface area contributed by atoms with Crippen LogP contribution in [0.2, 0.25) is 0 Å². The zero-order valence-corrected chi connectivity index (χ0v) is 9.29. The molecular weight excluding hydrogens is 226 g/mol. The zero-order chi connectivity index (χ0) is 11.7. The van der Waals surface area contributed by atoms with Gasteiger partial charge < -0.3 is 11.5 Å². The number of amides is 3. The smallest absolute Gasteiger partial charge is 0.326 e. The molecule has 1 aromatic carbocycles. The summed E-state index contributed by atoms with van der Waals surface area (Å²) in [6, 6.07) is 4.70. The molecule has 0 aromatic heterocycles. The van der Waals surface area contributed by atoms with Gasteiger partial charge in [-0.25, -0.2) is 9.69 Å². The number of hydrogen-bond acceptors (Lipinski definition) is 4. The van der Waals surface area contributed by atoms with Crippen molar-refractivity contribution >= 4 is 29.4 Å². The standard InChI is InChI=1S/C10H11N3O2S/c11-4-6-1-2-8-7(3-6)13(10(12)15)9(14)5-16-8/h1-3H,4-5,11H2,(H2,12,15). The summed E-state index contributed by atoms with van der Waals surface area (Å²) in [6.45, 7) is 0.360. The van der Waals surface area contributed by atoms with Crippen LogP contribution in [0.3, 0.4) is 0 Å². The number of carbonyl (C=O) groups is 2. The van der Waals surface area contributed by atoms with E-state index in [0.29, 0.717) is 12.2 Å². The molecule has 16 heavy (non-hydrogen) atoms. The predicted molar refractivity (Wildman–Crippen MR) is 62.1 cm³/mol. The van der Waals surface area contributed by atoms with Crippen molar-refractivity contribution in [2.45, 2.75) is 11.4 Å². The van der Waals surface area contributed by atoms with E-state index < -0.39 is 6.03 Å². The highest BCUT2D eigenvalue weighted by atomic mass is 32.2. The Labute approximate surface area is 96.8 Å². The van der Waals surface area contributed by atoms with Gasteiger partial charge in [-0.05, 0) is 17.7 Å². The van der Waals surface area contributed by atoms with Crippen molar-refractivity contribution in [3.8, 4) is 0 Å². The van der Waals surface area contributed by atoms with E-state index in [9.17, 15) is 9.59 Å². The van der Waals surface area contributed by atoms with Gasteiger partial charge in [0.1, 0.15) is 0 Å². The van der Waals surface area contributed by atoms with Crippen LogP contribution in [0.4, 0.5) is 10.5 Å². The molecular formula is C10H11N3O2S. The minimum absolute atomic E-state index is 0.234. The molecule has 0 saturated heterocycles. The van der Waals surface area contributed by atoms with Crippen molar-refractivity contribution in [1.29, 1.82) is 0 Å². The van der Waals surface area contributed by atoms with E-state index in [1.165, 1.54) is 11.8 Å². The number of primary amides is 1. The van der Waals surface area contributed by atoms with Gasteiger partial charge in [0.05, 0.1) is 11.4 Å². The molecule has 3 amide bonds. The fourth-order valence-electron chi connectivity index (χ4n) is 1.57. The Balaban J connectivity index is 2.52. The summed E-state index contributed by atoms with van der Waals surface area (Å²) in [4.78, 5) is 24.7. The summed E-state index contributed by atoms with van der Waals surface area (Å²) in [5.41, 5.74) is 12.1. The number of imide groups is 1. The summed E-state index contributed by atoms with van der Waals surface area (Å²) in [5, 5.41) is 0. The topological polar surface area (TPSA) is 89.4 Å². The minimum Gasteiger partial charge on any atom is -0.351 e. The minimum atomic E-state index is -0.749. The van der Waals surface area contributed by atoms with Gasteiger partial charge in [-0.2, -0.15) is 0 Å². The summed E-state index contributed by atoms with van der Waals surface area (Å²) in [5.74, 6) is -0.0584. The fraction of sp³-hybridized carbons (Fsp3) is 0.200. The molecule has 0 radical (unpaired) electrons.